The molecule has 1 amide bonds. The lowest BCUT2D eigenvalue weighted by molar-refractivity contribution is -0.110. The van der Waals surface area contributed by atoms with E-state index in [2.05, 4.69) is 11.2 Å². The third-order valence-corrected chi connectivity index (χ3v) is 3.52. The predicted molar refractivity (Wildman–Crippen MR) is 90.3 cm³/mol. The van der Waals surface area contributed by atoms with Gasteiger partial charge in [-0.25, -0.2) is 0 Å². The van der Waals surface area contributed by atoms with E-state index in [1.165, 1.54) is 0 Å². The van der Waals surface area contributed by atoms with Gasteiger partial charge in [-0.3, -0.25) is 4.79 Å². The minimum atomic E-state index is -0.113. The molecule has 0 unspecified atom stereocenters. The second-order valence-electron chi connectivity index (χ2n) is 4.96. The van der Waals surface area contributed by atoms with E-state index in [1.54, 1.807) is 13.2 Å². The molecular formula is C19H15NO3. The summed E-state index contributed by atoms with van der Waals surface area (Å²) in [5, 5.41) is 2.85. The highest BCUT2D eigenvalue weighted by molar-refractivity contribution is 6.34. The van der Waals surface area contributed by atoms with Crippen LogP contribution in [0.25, 0.3) is 11.6 Å². The van der Waals surface area contributed by atoms with Crippen LogP contribution in [0.4, 0.5) is 5.69 Å². The Morgan fingerprint density at radius 1 is 1.22 bits per heavy atom. The van der Waals surface area contributed by atoms with Gasteiger partial charge in [-0.2, -0.15) is 0 Å². The van der Waals surface area contributed by atoms with Crippen LogP contribution >= 0.6 is 0 Å². The Balaban J connectivity index is 1.97. The second-order valence-corrected chi connectivity index (χ2v) is 4.96. The third kappa shape index (κ3) is 2.90. The monoisotopic (exact) mass is 305 g/mol. The van der Waals surface area contributed by atoms with E-state index in [9.17, 15) is 4.79 Å². The number of nitrogens with one attached hydrogen (secondary N) is 1. The fourth-order valence-electron chi connectivity index (χ4n) is 2.46. The van der Waals surface area contributed by atoms with Crippen LogP contribution in [0.1, 0.15) is 11.1 Å². The molecule has 0 saturated carbocycles. The Morgan fingerprint density at radius 3 is 2.83 bits per heavy atom. The zero-order valence-corrected chi connectivity index (χ0v) is 12.6. The van der Waals surface area contributed by atoms with Gasteiger partial charge in [0, 0.05) is 16.8 Å². The van der Waals surface area contributed by atoms with Crippen LogP contribution in [-0.2, 0) is 4.79 Å². The molecule has 0 atom stereocenters. The molecule has 3 rings (SSSR count). The summed E-state index contributed by atoms with van der Waals surface area (Å²) in [6.45, 7) is 0.173. The molecule has 0 aromatic heterocycles. The van der Waals surface area contributed by atoms with E-state index in [-0.39, 0.29) is 12.5 Å². The highest BCUT2D eigenvalue weighted by atomic mass is 16.5. The van der Waals surface area contributed by atoms with Gasteiger partial charge in [-0.1, -0.05) is 30.2 Å². The van der Waals surface area contributed by atoms with Crippen molar-refractivity contribution in [2.24, 2.45) is 0 Å². The molecule has 1 N–H and O–H groups in total. The first kappa shape index (κ1) is 14.7. The number of para-hydroxylation sites is 1. The van der Waals surface area contributed by atoms with Crippen LogP contribution in [0.2, 0.25) is 0 Å². The number of amides is 1. The second kappa shape index (κ2) is 6.29. The maximum absolute atomic E-state index is 12.1. The van der Waals surface area contributed by atoms with E-state index in [1.807, 2.05) is 42.5 Å². The van der Waals surface area contributed by atoms with Crippen molar-refractivity contribution in [3.05, 3.63) is 53.6 Å². The van der Waals surface area contributed by atoms with E-state index in [0.717, 1.165) is 16.8 Å². The average Bonchev–Trinajstić information content (AvgIpc) is 2.89. The van der Waals surface area contributed by atoms with Crippen molar-refractivity contribution in [3.63, 3.8) is 0 Å². The first-order valence-electron chi connectivity index (χ1n) is 7.09. The number of rotatable bonds is 4. The van der Waals surface area contributed by atoms with Crippen molar-refractivity contribution >= 4 is 23.2 Å². The molecule has 0 spiro atoms. The predicted octanol–water partition coefficient (Wildman–Crippen LogP) is 3.20. The van der Waals surface area contributed by atoms with Crippen molar-refractivity contribution in [1.82, 2.24) is 0 Å². The molecule has 2 aromatic carbocycles. The Labute approximate surface area is 134 Å². The van der Waals surface area contributed by atoms with Crippen molar-refractivity contribution in [2.45, 2.75) is 0 Å². The molecular weight excluding hydrogens is 290 g/mol. The van der Waals surface area contributed by atoms with E-state index < -0.39 is 0 Å². The quantitative estimate of drug-likeness (QED) is 0.697. The van der Waals surface area contributed by atoms with Crippen LogP contribution < -0.4 is 14.8 Å². The van der Waals surface area contributed by atoms with Crippen LogP contribution in [0, 0.1) is 12.3 Å². The molecule has 0 aliphatic carbocycles. The number of hydrogen-bond donors (Lipinski definition) is 1. The summed E-state index contributed by atoms with van der Waals surface area (Å²) >= 11 is 0. The molecule has 0 saturated heterocycles. The number of anilines is 1. The van der Waals surface area contributed by atoms with E-state index in [0.29, 0.717) is 17.1 Å². The molecule has 0 radical (unpaired) electrons. The van der Waals surface area contributed by atoms with Crippen molar-refractivity contribution in [1.29, 1.82) is 0 Å². The van der Waals surface area contributed by atoms with Gasteiger partial charge >= 0.3 is 0 Å². The topological polar surface area (TPSA) is 47.6 Å². The van der Waals surface area contributed by atoms with Crippen molar-refractivity contribution in [3.8, 4) is 23.8 Å². The number of benzene rings is 2. The van der Waals surface area contributed by atoms with Gasteiger partial charge in [0.15, 0.2) is 11.5 Å². The van der Waals surface area contributed by atoms with E-state index in [4.69, 9.17) is 15.9 Å². The number of ether oxygens (including phenoxy) is 2. The number of carbonyl (C=O) groups is 1. The molecule has 2 aromatic rings. The molecule has 114 valence electrons. The molecule has 0 fully saturated rings. The maximum Gasteiger partial charge on any atom is 0.256 e. The van der Waals surface area contributed by atoms with Gasteiger partial charge in [0.25, 0.3) is 5.91 Å². The average molecular weight is 305 g/mol. The molecule has 4 heteroatoms. The summed E-state index contributed by atoms with van der Waals surface area (Å²) in [5.74, 6) is 3.45. The summed E-state index contributed by atoms with van der Waals surface area (Å²) < 4.78 is 10.7. The summed E-state index contributed by atoms with van der Waals surface area (Å²) in [7, 11) is 1.56. The van der Waals surface area contributed by atoms with Crippen LogP contribution in [0.3, 0.4) is 0 Å². The highest BCUT2D eigenvalue weighted by Crippen LogP contribution is 2.34. The lowest BCUT2D eigenvalue weighted by atomic mass is 10.0. The largest absolute Gasteiger partial charge is 0.493 e. The van der Waals surface area contributed by atoms with Crippen molar-refractivity contribution < 1.29 is 14.3 Å². The minimum absolute atomic E-state index is 0.113. The van der Waals surface area contributed by atoms with Gasteiger partial charge in [0.05, 0.1) is 7.11 Å². The number of carbonyl (C=O) groups excluding carboxylic acids is 1. The first-order chi connectivity index (χ1) is 11.2. The molecule has 1 aliphatic rings. The SMILES string of the molecule is C#CCOc1ccc(/C=C2/C(=O)Nc3ccccc32)cc1OC. The molecule has 0 bridgehead atoms. The smallest absolute Gasteiger partial charge is 0.256 e. The van der Waals surface area contributed by atoms with Crippen molar-refractivity contribution in [2.75, 3.05) is 19.0 Å². The van der Waals surface area contributed by atoms with Gasteiger partial charge in [0.2, 0.25) is 0 Å². The summed E-state index contributed by atoms with van der Waals surface area (Å²) in [6, 6.07) is 13.0. The van der Waals surface area contributed by atoms with E-state index >= 15 is 0 Å². The fraction of sp³-hybridized carbons (Fsp3) is 0.105. The third-order valence-electron chi connectivity index (χ3n) is 3.52. The zero-order valence-electron chi connectivity index (χ0n) is 12.6. The molecule has 1 aliphatic heterocycles. The highest BCUT2D eigenvalue weighted by Gasteiger charge is 2.23. The Kier molecular flexibility index (Phi) is 4.03. The minimum Gasteiger partial charge on any atom is -0.493 e. The van der Waals surface area contributed by atoms with Crippen LogP contribution in [0.15, 0.2) is 42.5 Å². The Bertz CT molecular complexity index is 831. The number of methoxy groups -OCH3 is 1. The van der Waals surface area contributed by atoms with Crippen LogP contribution in [-0.4, -0.2) is 19.6 Å². The van der Waals surface area contributed by atoms with Gasteiger partial charge < -0.3 is 14.8 Å². The summed E-state index contributed by atoms with van der Waals surface area (Å²) in [5.41, 5.74) is 3.19. The molecule has 4 nitrogen and oxygen atoms in total. The normalized spacial score (nSPS) is 14.1. The number of fused-ring (bicyclic) bond motifs is 1. The lowest BCUT2D eigenvalue weighted by Gasteiger charge is -2.09. The first-order valence-corrected chi connectivity index (χ1v) is 7.09. The zero-order chi connectivity index (χ0) is 16.2. The maximum atomic E-state index is 12.1. The van der Waals surface area contributed by atoms with Gasteiger partial charge in [-0.15, -0.1) is 6.42 Å². The standard InChI is InChI=1S/C19H15NO3/c1-3-10-23-17-9-8-13(12-18(17)22-2)11-15-14-6-4-5-7-16(14)20-19(15)21/h1,4-9,11-12H,10H2,2H3,(H,20,21)/b15-11+. The number of hydrogen-bond acceptors (Lipinski definition) is 3. The lowest BCUT2D eigenvalue weighted by Crippen LogP contribution is -2.03. The fourth-order valence-corrected chi connectivity index (χ4v) is 2.46. The Morgan fingerprint density at radius 2 is 2.04 bits per heavy atom. The summed E-state index contributed by atoms with van der Waals surface area (Å²) in [4.78, 5) is 12.1. The summed E-state index contributed by atoms with van der Waals surface area (Å²) in [6.07, 6.45) is 7.03. The molecule has 1 heterocycles. The van der Waals surface area contributed by atoms with Gasteiger partial charge in [0.1, 0.15) is 6.61 Å². The molecule has 23 heavy (non-hydrogen) atoms. The Hall–Kier alpha value is -3.19. The van der Waals surface area contributed by atoms with Gasteiger partial charge in [-0.05, 0) is 29.8 Å². The van der Waals surface area contributed by atoms with Crippen LogP contribution in [0.5, 0.6) is 11.5 Å². The number of terminal acetylenes is 1.